The summed E-state index contributed by atoms with van der Waals surface area (Å²) in [5, 5.41) is 0. The number of hydrogen-bond donors (Lipinski definition) is 0. The van der Waals surface area contributed by atoms with Gasteiger partial charge < -0.3 is 0 Å². The largest absolute Gasteiger partial charge is 0.419 e. The first kappa shape index (κ1) is 21.2. The van der Waals surface area contributed by atoms with Crippen molar-refractivity contribution in [3.8, 4) is 11.1 Å². The summed E-state index contributed by atoms with van der Waals surface area (Å²) < 4.78 is 51.0. The summed E-state index contributed by atoms with van der Waals surface area (Å²) in [7, 11) is 0. The molecule has 4 heteroatoms. The molecular weight excluding hydrogens is 304 g/mol. The topological polar surface area (TPSA) is 0 Å². The maximum Gasteiger partial charge on any atom is 0.419 e. The number of aryl methyl sites for hydroxylation is 1. The molecule has 0 amide bonds. The Bertz CT molecular complexity index is 569. The third-order valence-corrected chi connectivity index (χ3v) is 2.97. The Morgan fingerprint density at radius 1 is 0.783 bits per heavy atom. The molecule has 23 heavy (non-hydrogen) atoms. The van der Waals surface area contributed by atoms with Gasteiger partial charge in [-0.25, -0.2) is 4.39 Å². The summed E-state index contributed by atoms with van der Waals surface area (Å²) >= 11 is 0. The van der Waals surface area contributed by atoms with Crippen LogP contribution >= 0.6 is 0 Å². The highest BCUT2D eigenvalue weighted by molar-refractivity contribution is 5.64. The SMILES string of the molecule is CC.CC.CCc1ccc(-c2ccc(F)c(C(F)(F)F)c2)cc1. The van der Waals surface area contributed by atoms with Crippen LogP contribution in [0.5, 0.6) is 0 Å². The summed E-state index contributed by atoms with van der Waals surface area (Å²) in [5.74, 6) is -1.25. The molecule has 0 unspecified atom stereocenters. The van der Waals surface area contributed by atoms with Gasteiger partial charge >= 0.3 is 6.18 Å². The molecule has 0 heterocycles. The van der Waals surface area contributed by atoms with Crippen molar-refractivity contribution in [3.05, 3.63) is 59.4 Å². The molecule has 128 valence electrons. The molecule has 0 aliphatic carbocycles. The second-order valence-electron chi connectivity index (χ2n) is 4.24. The Morgan fingerprint density at radius 3 is 1.70 bits per heavy atom. The first-order valence-corrected chi connectivity index (χ1v) is 7.88. The van der Waals surface area contributed by atoms with E-state index in [-0.39, 0.29) is 0 Å². The molecule has 0 aliphatic heterocycles. The predicted molar refractivity (Wildman–Crippen MR) is 88.9 cm³/mol. The Balaban J connectivity index is 0.00000112. The molecule has 0 atom stereocenters. The van der Waals surface area contributed by atoms with Crippen LogP contribution in [0.3, 0.4) is 0 Å². The minimum Gasteiger partial charge on any atom is -0.206 e. The fourth-order valence-corrected chi connectivity index (χ4v) is 1.85. The van der Waals surface area contributed by atoms with Crippen LogP contribution in [0, 0.1) is 5.82 Å². The second kappa shape index (κ2) is 10.0. The number of halogens is 4. The fourth-order valence-electron chi connectivity index (χ4n) is 1.85. The lowest BCUT2D eigenvalue weighted by Gasteiger charge is -2.10. The third kappa shape index (κ3) is 6.05. The van der Waals surface area contributed by atoms with E-state index in [4.69, 9.17) is 0 Å². The number of alkyl halides is 3. The lowest BCUT2D eigenvalue weighted by Crippen LogP contribution is -2.08. The molecular formula is C19H24F4. The molecule has 0 nitrogen and oxygen atoms in total. The molecule has 0 saturated carbocycles. The summed E-state index contributed by atoms with van der Waals surface area (Å²) in [6.07, 6.45) is -3.82. The van der Waals surface area contributed by atoms with Crippen LogP contribution in [-0.4, -0.2) is 0 Å². The molecule has 0 aromatic heterocycles. The van der Waals surface area contributed by atoms with Gasteiger partial charge in [-0.2, -0.15) is 13.2 Å². The van der Waals surface area contributed by atoms with Crippen LogP contribution in [0.15, 0.2) is 42.5 Å². The third-order valence-electron chi connectivity index (χ3n) is 2.97. The molecule has 0 saturated heterocycles. The number of rotatable bonds is 2. The predicted octanol–water partition coefficient (Wildman–Crippen LogP) is 7.13. The van der Waals surface area contributed by atoms with E-state index < -0.39 is 17.6 Å². The smallest absolute Gasteiger partial charge is 0.206 e. The minimum atomic E-state index is -4.68. The van der Waals surface area contributed by atoms with Crippen molar-refractivity contribution in [2.75, 3.05) is 0 Å². The van der Waals surface area contributed by atoms with Gasteiger partial charge in [0.25, 0.3) is 0 Å². The molecule has 0 fully saturated rings. The summed E-state index contributed by atoms with van der Waals surface area (Å²) in [6.45, 7) is 9.99. The quantitative estimate of drug-likeness (QED) is 0.514. The van der Waals surface area contributed by atoms with Crippen LogP contribution in [0.2, 0.25) is 0 Å². The molecule has 2 aromatic carbocycles. The molecule has 0 N–H and O–H groups in total. The van der Waals surface area contributed by atoms with Crippen LogP contribution in [0.4, 0.5) is 17.6 Å². The van der Waals surface area contributed by atoms with E-state index in [1.165, 1.54) is 6.07 Å². The van der Waals surface area contributed by atoms with Crippen molar-refractivity contribution in [2.24, 2.45) is 0 Å². The molecule has 0 bridgehead atoms. The van der Waals surface area contributed by atoms with Crippen molar-refractivity contribution in [3.63, 3.8) is 0 Å². The highest BCUT2D eigenvalue weighted by atomic mass is 19.4. The first-order chi connectivity index (χ1) is 10.9. The minimum absolute atomic E-state index is 0.358. The molecule has 2 rings (SSSR count). The standard InChI is InChI=1S/C15H12F4.2C2H6/c1-2-10-3-5-11(6-4-10)12-7-8-14(16)13(9-12)15(17,18)19;2*1-2/h3-9H,2H2,1H3;2*1-2H3. The average Bonchev–Trinajstić information content (AvgIpc) is 2.58. The van der Waals surface area contributed by atoms with Gasteiger partial charge in [0.05, 0.1) is 5.56 Å². The van der Waals surface area contributed by atoms with Crippen molar-refractivity contribution >= 4 is 0 Å². The summed E-state index contributed by atoms with van der Waals surface area (Å²) in [6, 6.07) is 10.2. The van der Waals surface area contributed by atoms with Gasteiger partial charge in [-0.3, -0.25) is 0 Å². The van der Waals surface area contributed by atoms with E-state index in [1.54, 1.807) is 12.1 Å². The first-order valence-electron chi connectivity index (χ1n) is 7.88. The molecule has 2 aromatic rings. The van der Waals surface area contributed by atoms with Gasteiger partial charge in [0, 0.05) is 0 Å². The van der Waals surface area contributed by atoms with E-state index >= 15 is 0 Å². The average molecular weight is 328 g/mol. The number of benzene rings is 2. The Labute approximate surface area is 136 Å². The van der Waals surface area contributed by atoms with Gasteiger partial charge in [-0.1, -0.05) is 65.0 Å². The zero-order valence-corrected chi connectivity index (χ0v) is 14.3. The van der Waals surface area contributed by atoms with E-state index in [0.717, 1.165) is 24.1 Å². The van der Waals surface area contributed by atoms with E-state index in [1.807, 2.05) is 46.8 Å². The van der Waals surface area contributed by atoms with E-state index in [0.29, 0.717) is 11.1 Å². The zero-order chi connectivity index (χ0) is 18.0. The molecule has 0 spiro atoms. The van der Waals surface area contributed by atoms with E-state index in [2.05, 4.69) is 0 Å². The van der Waals surface area contributed by atoms with Crippen molar-refractivity contribution in [1.29, 1.82) is 0 Å². The van der Waals surface area contributed by atoms with Gasteiger partial charge in [0.2, 0.25) is 0 Å². The van der Waals surface area contributed by atoms with Crippen LogP contribution < -0.4 is 0 Å². The summed E-state index contributed by atoms with van der Waals surface area (Å²) in [4.78, 5) is 0. The maximum atomic E-state index is 13.2. The maximum absolute atomic E-state index is 13.2. The zero-order valence-electron chi connectivity index (χ0n) is 14.3. The molecule has 0 radical (unpaired) electrons. The van der Waals surface area contributed by atoms with Gasteiger partial charge in [0.1, 0.15) is 5.82 Å². The van der Waals surface area contributed by atoms with Crippen molar-refractivity contribution < 1.29 is 17.6 Å². The van der Waals surface area contributed by atoms with Gasteiger partial charge in [-0.05, 0) is 35.2 Å². The van der Waals surface area contributed by atoms with Gasteiger partial charge in [0.15, 0.2) is 0 Å². The molecule has 0 aliphatic rings. The van der Waals surface area contributed by atoms with Crippen LogP contribution in [0.1, 0.15) is 45.7 Å². The Kier molecular flexibility index (Phi) is 9.23. The Hall–Kier alpha value is -1.84. The highest BCUT2D eigenvalue weighted by Crippen LogP contribution is 2.34. The normalized spacial score (nSPS) is 10.1. The number of hydrogen-bond acceptors (Lipinski definition) is 0. The van der Waals surface area contributed by atoms with Crippen LogP contribution in [-0.2, 0) is 12.6 Å². The second-order valence-corrected chi connectivity index (χ2v) is 4.24. The van der Waals surface area contributed by atoms with Crippen molar-refractivity contribution in [1.82, 2.24) is 0 Å². The van der Waals surface area contributed by atoms with Crippen LogP contribution in [0.25, 0.3) is 11.1 Å². The lowest BCUT2D eigenvalue weighted by molar-refractivity contribution is -0.139. The monoisotopic (exact) mass is 328 g/mol. The highest BCUT2D eigenvalue weighted by Gasteiger charge is 2.34. The summed E-state index contributed by atoms with van der Waals surface area (Å²) in [5.41, 5.74) is 0.866. The lowest BCUT2D eigenvalue weighted by atomic mass is 10.0. The fraction of sp³-hybridized carbons (Fsp3) is 0.368. The Morgan fingerprint density at radius 2 is 1.26 bits per heavy atom. The van der Waals surface area contributed by atoms with Gasteiger partial charge in [-0.15, -0.1) is 0 Å². The van der Waals surface area contributed by atoms with Crippen molar-refractivity contribution in [2.45, 2.75) is 47.2 Å². The van der Waals surface area contributed by atoms with E-state index in [9.17, 15) is 17.6 Å².